The standard InChI is InChI=1S/C22H22N2O3/c25-22(26-15-16-6-2-1-3-7-16)23-12-11-19-20(14-23)27-24-13-10-17-8-4-5-9-18(17)21(19)24/h1-9,11,20-21H,10,12-15H2/t20-,21?/m0/s1. The van der Waals surface area contributed by atoms with E-state index in [1.807, 2.05) is 30.3 Å². The Balaban J connectivity index is 1.29. The Morgan fingerprint density at radius 3 is 2.81 bits per heavy atom. The minimum Gasteiger partial charge on any atom is -0.445 e. The maximum atomic E-state index is 12.5. The predicted molar refractivity (Wildman–Crippen MR) is 101 cm³/mol. The zero-order valence-electron chi connectivity index (χ0n) is 15.1. The summed E-state index contributed by atoms with van der Waals surface area (Å²) in [4.78, 5) is 20.4. The lowest BCUT2D eigenvalue weighted by Crippen LogP contribution is -2.41. The summed E-state index contributed by atoms with van der Waals surface area (Å²) in [5, 5.41) is 2.08. The topological polar surface area (TPSA) is 42.0 Å². The van der Waals surface area contributed by atoms with Crippen molar-refractivity contribution in [1.82, 2.24) is 9.96 Å². The molecule has 138 valence electrons. The molecule has 3 aliphatic heterocycles. The molecule has 0 bridgehead atoms. The van der Waals surface area contributed by atoms with Crippen molar-refractivity contribution >= 4 is 6.09 Å². The van der Waals surface area contributed by atoms with E-state index in [-0.39, 0.29) is 18.2 Å². The van der Waals surface area contributed by atoms with Gasteiger partial charge in [0.15, 0.2) is 0 Å². The number of amides is 1. The molecule has 3 aliphatic rings. The second-order valence-electron chi connectivity index (χ2n) is 7.24. The summed E-state index contributed by atoms with van der Waals surface area (Å²) in [6.45, 7) is 2.28. The van der Waals surface area contributed by atoms with Gasteiger partial charge in [0.1, 0.15) is 12.7 Å². The number of ether oxygens (including phenoxy) is 1. The van der Waals surface area contributed by atoms with Gasteiger partial charge in [0.2, 0.25) is 0 Å². The van der Waals surface area contributed by atoms with Crippen LogP contribution in [0.2, 0.25) is 0 Å². The maximum absolute atomic E-state index is 12.5. The molecule has 1 fully saturated rings. The van der Waals surface area contributed by atoms with Crippen LogP contribution in [0, 0.1) is 0 Å². The molecule has 0 spiro atoms. The molecule has 0 aliphatic carbocycles. The fourth-order valence-electron chi connectivity index (χ4n) is 4.24. The van der Waals surface area contributed by atoms with Gasteiger partial charge in [0.25, 0.3) is 0 Å². The summed E-state index contributed by atoms with van der Waals surface area (Å²) in [5.74, 6) is 0. The normalized spacial score (nSPS) is 23.9. The molecule has 0 aromatic heterocycles. The molecule has 5 heteroatoms. The summed E-state index contributed by atoms with van der Waals surface area (Å²) >= 11 is 0. The van der Waals surface area contributed by atoms with Crippen molar-refractivity contribution in [2.75, 3.05) is 19.6 Å². The summed E-state index contributed by atoms with van der Waals surface area (Å²) in [6.07, 6.45) is 2.77. The van der Waals surface area contributed by atoms with E-state index in [1.54, 1.807) is 4.90 Å². The highest BCUT2D eigenvalue weighted by Gasteiger charge is 2.44. The van der Waals surface area contributed by atoms with Gasteiger partial charge in [-0.05, 0) is 28.7 Å². The second kappa shape index (κ2) is 6.83. The van der Waals surface area contributed by atoms with Crippen LogP contribution in [0.15, 0.2) is 66.2 Å². The minimum atomic E-state index is -0.289. The van der Waals surface area contributed by atoms with Crippen molar-refractivity contribution in [2.45, 2.75) is 25.2 Å². The van der Waals surface area contributed by atoms with Gasteiger partial charge < -0.3 is 9.64 Å². The van der Waals surface area contributed by atoms with E-state index >= 15 is 0 Å². The summed E-state index contributed by atoms with van der Waals surface area (Å²) in [6, 6.07) is 18.5. The molecule has 1 amide bonds. The first-order chi connectivity index (χ1) is 13.3. The van der Waals surface area contributed by atoms with Gasteiger partial charge >= 0.3 is 6.09 Å². The highest BCUT2D eigenvalue weighted by molar-refractivity contribution is 5.68. The van der Waals surface area contributed by atoms with Crippen molar-refractivity contribution in [3.05, 3.63) is 82.9 Å². The highest BCUT2D eigenvalue weighted by atomic mass is 16.7. The molecule has 2 atom stereocenters. The number of carbonyl (C=O) groups excluding carboxylic acids is 1. The van der Waals surface area contributed by atoms with Crippen molar-refractivity contribution < 1.29 is 14.4 Å². The minimum absolute atomic E-state index is 0.0841. The molecule has 0 saturated carbocycles. The Labute approximate surface area is 158 Å². The third kappa shape index (κ3) is 3.03. The van der Waals surface area contributed by atoms with E-state index in [9.17, 15) is 4.79 Å². The molecular weight excluding hydrogens is 340 g/mol. The van der Waals surface area contributed by atoms with E-state index in [1.165, 1.54) is 16.7 Å². The average molecular weight is 362 g/mol. The second-order valence-corrected chi connectivity index (χ2v) is 7.24. The first-order valence-corrected chi connectivity index (χ1v) is 9.46. The smallest absolute Gasteiger partial charge is 0.410 e. The molecular formula is C22H22N2O3. The molecule has 3 heterocycles. The van der Waals surface area contributed by atoms with Gasteiger partial charge in [-0.25, -0.2) is 4.79 Å². The predicted octanol–water partition coefficient (Wildman–Crippen LogP) is 3.48. The molecule has 1 saturated heterocycles. The lowest BCUT2D eigenvalue weighted by atomic mass is 9.87. The number of hydroxylamine groups is 2. The van der Waals surface area contributed by atoms with Crippen LogP contribution in [0.5, 0.6) is 0 Å². The fraction of sp³-hybridized carbons (Fsp3) is 0.318. The Morgan fingerprint density at radius 1 is 1.11 bits per heavy atom. The molecule has 1 unspecified atom stereocenters. The Kier molecular flexibility index (Phi) is 4.19. The van der Waals surface area contributed by atoms with Crippen LogP contribution in [-0.4, -0.2) is 41.8 Å². The lowest BCUT2D eigenvalue weighted by molar-refractivity contribution is -0.168. The summed E-state index contributed by atoms with van der Waals surface area (Å²) in [5.41, 5.74) is 4.99. The number of hydrogen-bond donors (Lipinski definition) is 0. The first-order valence-electron chi connectivity index (χ1n) is 9.46. The van der Waals surface area contributed by atoms with Crippen LogP contribution in [0.1, 0.15) is 22.7 Å². The largest absolute Gasteiger partial charge is 0.445 e. The maximum Gasteiger partial charge on any atom is 0.410 e. The molecule has 27 heavy (non-hydrogen) atoms. The van der Waals surface area contributed by atoms with E-state index in [4.69, 9.17) is 9.57 Å². The fourth-order valence-corrected chi connectivity index (χ4v) is 4.24. The number of fused-ring (bicyclic) bond motifs is 5. The van der Waals surface area contributed by atoms with E-state index in [0.29, 0.717) is 19.7 Å². The zero-order chi connectivity index (χ0) is 18.2. The van der Waals surface area contributed by atoms with Crippen molar-refractivity contribution in [2.24, 2.45) is 0 Å². The number of benzene rings is 2. The van der Waals surface area contributed by atoms with Gasteiger partial charge in [-0.15, -0.1) is 0 Å². The van der Waals surface area contributed by atoms with Gasteiger partial charge in [0.05, 0.1) is 12.6 Å². The molecule has 0 radical (unpaired) electrons. The van der Waals surface area contributed by atoms with Gasteiger partial charge in [-0.3, -0.25) is 4.84 Å². The average Bonchev–Trinajstić information content (AvgIpc) is 3.11. The van der Waals surface area contributed by atoms with Gasteiger partial charge in [-0.2, -0.15) is 5.06 Å². The zero-order valence-corrected chi connectivity index (χ0v) is 15.1. The van der Waals surface area contributed by atoms with Crippen LogP contribution < -0.4 is 0 Å². The van der Waals surface area contributed by atoms with Crippen molar-refractivity contribution in [3.8, 4) is 0 Å². The Bertz CT molecular complexity index is 880. The van der Waals surface area contributed by atoms with E-state index in [0.717, 1.165) is 18.5 Å². The number of nitrogens with zero attached hydrogens (tertiary/aromatic N) is 2. The number of carbonyl (C=O) groups is 1. The molecule has 5 rings (SSSR count). The molecule has 5 nitrogen and oxygen atoms in total. The van der Waals surface area contributed by atoms with Gasteiger partial charge in [-0.1, -0.05) is 60.7 Å². The van der Waals surface area contributed by atoms with Crippen LogP contribution in [0.3, 0.4) is 0 Å². The summed E-state index contributed by atoms with van der Waals surface area (Å²) < 4.78 is 5.48. The monoisotopic (exact) mass is 362 g/mol. The quantitative estimate of drug-likeness (QED) is 0.767. The SMILES string of the molecule is O=C(OCc1ccccc1)N1CC=C2C3c4ccccc4CCN3O[C@H]2C1. The molecule has 2 aromatic rings. The van der Waals surface area contributed by atoms with E-state index < -0.39 is 0 Å². The Morgan fingerprint density at radius 2 is 1.93 bits per heavy atom. The summed E-state index contributed by atoms with van der Waals surface area (Å²) in [7, 11) is 0. The van der Waals surface area contributed by atoms with Crippen molar-refractivity contribution in [3.63, 3.8) is 0 Å². The molecule has 0 N–H and O–H groups in total. The van der Waals surface area contributed by atoms with E-state index in [2.05, 4.69) is 35.4 Å². The third-order valence-corrected chi connectivity index (χ3v) is 5.59. The third-order valence-electron chi connectivity index (χ3n) is 5.59. The van der Waals surface area contributed by atoms with Crippen molar-refractivity contribution in [1.29, 1.82) is 0 Å². The van der Waals surface area contributed by atoms with Crippen LogP contribution in [0.4, 0.5) is 4.79 Å². The number of rotatable bonds is 2. The highest BCUT2D eigenvalue weighted by Crippen LogP contribution is 2.44. The Hall–Kier alpha value is -2.63. The lowest BCUT2D eigenvalue weighted by Gasteiger charge is -2.30. The van der Waals surface area contributed by atoms with Crippen LogP contribution >= 0.6 is 0 Å². The van der Waals surface area contributed by atoms with Crippen LogP contribution in [-0.2, 0) is 22.6 Å². The van der Waals surface area contributed by atoms with Crippen LogP contribution in [0.25, 0.3) is 0 Å². The number of hydrogen-bond acceptors (Lipinski definition) is 4. The molecule has 2 aromatic carbocycles. The first kappa shape index (κ1) is 16.5. The van der Waals surface area contributed by atoms with Gasteiger partial charge in [0, 0.05) is 13.1 Å².